The Morgan fingerprint density at radius 1 is 1.29 bits per heavy atom. The molecular formula is C14H16FN3O3. The number of benzene rings is 1. The maximum absolute atomic E-state index is 13.7. The molecule has 0 saturated carbocycles. The quantitative estimate of drug-likeness (QED) is 0.907. The number of anilines is 1. The largest absolute Gasteiger partial charge is 0.497 e. The highest BCUT2D eigenvalue weighted by atomic mass is 19.1. The molecule has 1 aromatic carbocycles. The van der Waals surface area contributed by atoms with Crippen molar-refractivity contribution < 1.29 is 9.13 Å². The van der Waals surface area contributed by atoms with Crippen molar-refractivity contribution in [3.63, 3.8) is 0 Å². The molecule has 0 aliphatic rings. The molecule has 21 heavy (non-hydrogen) atoms. The van der Waals surface area contributed by atoms with E-state index in [0.29, 0.717) is 11.3 Å². The number of hydrogen-bond donors (Lipinski definition) is 1. The van der Waals surface area contributed by atoms with Crippen LogP contribution in [0.5, 0.6) is 5.75 Å². The highest BCUT2D eigenvalue weighted by Gasteiger charge is 2.08. The van der Waals surface area contributed by atoms with Gasteiger partial charge in [0.15, 0.2) is 0 Å². The predicted molar refractivity (Wildman–Crippen MR) is 77.2 cm³/mol. The molecule has 0 radical (unpaired) electrons. The SMILES string of the molecule is COc1ccc(F)c(NCc2cn(C)c(=O)n(C)c2=O)c1. The molecule has 0 saturated heterocycles. The Morgan fingerprint density at radius 3 is 2.67 bits per heavy atom. The fourth-order valence-electron chi connectivity index (χ4n) is 1.96. The van der Waals surface area contributed by atoms with Crippen LogP contribution in [-0.2, 0) is 20.6 Å². The van der Waals surface area contributed by atoms with E-state index in [1.165, 1.54) is 43.1 Å². The summed E-state index contributed by atoms with van der Waals surface area (Å²) in [7, 11) is 4.44. The standard InChI is InChI=1S/C14H16FN3O3/c1-17-8-9(13(19)18(2)14(17)20)7-16-12-6-10(21-3)4-5-11(12)15/h4-6,8,16H,7H2,1-3H3. The number of methoxy groups -OCH3 is 1. The predicted octanol–water partition coefficient (Wildman–Crippen LogP) is 0.844. The van der Waals surface area contributed by atoms with Gasteiger partial charge in [0, 0.05) is 32.9 Å². The summed E-state index contributed by atoms with van der Waals surface area (Å²) < 4.78 is 21.0. The zero-order valence-corrected chi connectivity index (χ0v) is 12.0. The monoisotopic (exact) mass is 293 g/mol. The summed E-state index contributed by atoms with van der Waals surface area (Å²) in [5.74, 6) is 0.0599. The Kier molecular flexibility index (Phi) is 4.11. The zero-order chi connectivity index (χ0) is 15.6. The van der Waals surface area contributed by atoms with E-state index in [-0.39, 0.29) is 12.2 Å². The van der Waals surface area contributed by atoms with Crippen LogP contribution >= 0.6 is 0 Å². The van der Waals surface area contributed by atoms with Crippen LogP contribution in [0.1, 0.15) is 5.56 Å². The third kappa shape index (κ3) is 2.96. The van der Waals surface area contributed by atoms with E-state index in [2.05, 4.69) is 5.32 Å². The molecule has 0 unspecified atom stereocenters. The maximum atomic E-state index is 13.7. The zero-order valence-electron chi connectivity index (χ0n) is 12.0. The van der Waals surface area contributed by atoms with Gasteiger partial charge in [0.2, 0.25) is 0 Å². The Balaban J connectivity index is 2.29. The first-order valence-corrected chi connectivity index (χ1v) is 6.27. The number of halogens is 1. The number of aryl methyl sites for hydroxylation is 1. The van der Waals surface area contributed by atoms with Crippen LogP contribution < -0.4 is 21.3 Å². The summed E-state index contributed by atoms with van der Waals surface area (Å²) in [6, 6.07) is 4.29. The summed E-state index contributed by atoms with van der Waals surface area (Å²) >= 11 is 0. The molecule has 0 amide bonds. The number of ether oxygens (including phenoxy) is 1. The van der Waals surface area contributed by atoms with Gasteiger partial charge < -0.3 is 14.6 Å². The molecule has 0 aliphatic carbocycles. The number of nitrogens with zero attached hydrogens (tertiary/aromatic N) is 2. The Bertz CT molecular complexity index is 780. The van der Waals surface area contributed by atoms with E-state index in [4.69, 9.17) is 4.74 Å². The molecule has 0 spiro atoms. The van der Waals surface area contributed by atoms with Gasteiger partial charge in [-0.05, 0) is 12.1 Å². The van der Waals surface area contributed by atoms with Crippen LogP contribution in [0.2, 0.25) is 0 Å². The Labute approximate surface area is 120 Å². The number of nitrogens with one attached hydrogen (secondary N) is 1. The summed E-state index contributed by atoms with van der Waals surface area (Å²) in [5, 5.41) is 2.83. The minimum absolute atomic E-state index is 0.102. The van der Waals surface area contributed by atoms with Gasteiger partial charge in [-0.25, -0.2) is 9.18 Å². The first kappa shape index (κ1) is 14.8. The molecule has 0 fully saturated rings. The highest BCUT2D eigenvalue weighted by Crippen LogP contribution is 2.21. The van der Waals surface area contributed by atoms with Crippen molar-refractivity contribution in [3.05, 3.63) is 56.6 Å². The maximum Gasteiger partial charge on any atom is 0.330 e. The lowest BCUT2D eigenvalue weighted by molar-refractivity contribution is 0.414. The van der Waals surface area contributed by atoms with Gasteiger partial charge in [0.25, 0.3) is 5.56 Å². The van der Waals surface area contributed by atoms with Crippen molar-refractivity contribution in [2.24, 2.45) is 14.1 Å². The van der Waals surface area contributed by atoms with E-state index in [1.807, 2.05) is 0 Å². The van der Waals surface area contributed by atoms with Gasteiger partial charge >= 0.3 is 5.69 Å². The van der Waals surface area contributed by atoms with Crippen LogP contribution in [0.3, 0.4) is 0 Å². The first-order chi connectivity index (χ1) is 9.93. The van der Waals surface area contributed by atoms with E-state index in [1.54, 1.807) is 7.05 Å². The minimum atomic E-state index is -0.447. The van der Waals surface area contributed by atoms with Gasteiger partial charge in [-0.3, -0.25) is 9.36 Å². The Hall–Kier alpha value is -2.57. The van der Waals surface area contributed by atoms with Gasteiger partial charge in [0.1, 0.15) is 11.6 Å². The van der Waals surface area contributed by atoms with Crippen LogP contribution in [0.25, 0.3) is 0 Å². The van der Waals surface area contributed by atoms with Crippen LogP contribution in [0.15, 0.2) is 34.0 Å². The average Bonchev–Trinajstić information content (AvgIpc) is 2.49. The molecule has 0 atom stereocenters. The summed E-state index contributed by atoms with van der Waals surface area (Å²) in [5.41, 5.74) is -0.225. The molecule has 0 aliphatic heterocycles. The smallest absolute Gasteiger partial charge is 0.330 e. The van der Waals surface area contributed by atoms with Crippen molar-refractivity contribution in [2.45, 2.75) is 6.54 Å². The van der Waals surface area contributed by atoms with Crippen molar-refractivity contribution in [1.29, 1.82) is 0 Å². The van der Waals surface area contributed by atoms with Gasteiger partial charge in [0.05, 0.1) is 18.4 Å². The van der Waals surface area contributed by atoms with E-state index in [0.717, 1.165) is 4.57 Å². The lowest BCUT2D eigenvalue weighted by Gasteiger charge is -2.10. The molecule has 2 rings (SSSR count). The highest BCUT2D eigenvalue weighted by molar-refractivity contribution is 5.49. The fraction of sp³-hybridized carbons (Fsp3) is 0.286. The normalized spacial score (nSPS) is 10.5. The number of rotatable bonds is 4. The second-order valence-electron chi connectivity index (χ2n) is 4.61. The van der Waals surface area contributed by atoms with Crippen LogP contribution in [0.4, 0.5) is 10.1 Å². The molecule has 1 heterocycles. The minimum Gasteiger partial charge on any atom is -0.497 e. The molecular weight excluding hydrogens is 277 g/mol. The molecule has 6 nitrogen and oxygen atoms in total. The topological polar surface area (TPSA) is 65.3 Å². The summed E-state index contributed by atoms with van der Waals surface area (Å²) in [6.45, 7) is 0.102. The van der Waals surface area contributed by atoms with E-state index < -0.39 is 17.1 Å². The van der Waals surface area contributed by atoms with E-state index >= 15 is 0 Å². The summed E-state index contributed by atoms with van der Waals surface area (Å²) in [4.78, 5) is 23.5. The van der Waals surface area contributed by atoms with Gasteiger partial charge in [-0.15, -0.1) is 0 Å². The molecule has 2 aromatic rings. The summed E-state index contributed by atoms with van der Waals surface area (Å²) in [6.07, 6.45) is 1.44. The number of aromatic nitrogens is 2. The molecule has 0 bridgehead atoms. The second kappa shape index (κ2) is 5.82. The molecule has 1 N–H and O–H groups in total. The fourth-order valence-corrected chi connectivity index (χ4v) is 1.96. The second-order valence-corrected chi connectivity index (χ2v) is 4.61. The number of hydrogen-bond acceptors (Lipinski definition) is 4. The van der Waals surface area contributed by atoms with Crippen molar-refractivity contribution in [1.82, 2.24) is 9.13 Å². The molecule has 7 heteroatoms. The van der Waals surface area contributed by atoms with Gasteiger partial charge in [-0.1, -0.05) is 0 Å². The third-order valence-electron chi connectivity index (χ3n) is 3.16. The van der Waals surface area contributed by atoms with Crippen LogP contribution in [-0.4, -0.2) is 16.2 Å². The average molecular weight is 293 g/mol. The lowest BCUT2D eigenvalue weighted by atomic mass is 10.2. The van der Waals surface area contributed by atoms with Gasteiger partial charge in [-0.2, -0.15) is 0 Å². The van der Waals surface area contributed by atoms with Crippen molar-refractivity contribution in [3.8, 4) is 5.75 Å². The lowest BCUT2D eigenvalue weighted by Crippen LogP contribution is -2.38. The Morgan fingerprint density at radius 2 is 2.00 bits per heavy atom. The first-order valence-electron chi connectivity index (χ1n) is 6.27. The van der Waals surface area contributed by atoms with E-state index in [9.17, 15) is 14.0 Å². The molecule has 112 valence electrons. The van der Waals surface area contributed by atoms with Crippen LogP contribution in [0, 0.1) is 5.82 Å². The molecule has 1 aromatic heterocycles. The van der Waals surface area contributed by atoms with Crippen molar-refractivity contribution in [2.75, 3.05) is 12.4 Å². The van der Waals surface area contributed by atoms with Crippen molar-refractivity contribution >= 4 is 5.69 Å². The third-order valence-corrected chi connectivity index (χ3v) is 3.16.